The van der Waals surface area contributed by atoms with Crippen LogP contribution in [-0.2, 0) is 11.2 Å². The van der Waals surface area contributed by atoms with Gasteiger partial charge in [0.05, 0.1) is 13.0 Å². The molecule has 0 aliphatic carbocycles. The lowest BCUT2D eigenvalue weighted by Crippen LogP contribution is -2.48. The fourth-order valence-electron chi connectivity index (χ4n) is 3.03. The normalized spacial score (nSPS) is 10.4. The summed E-state index contributed by atoms with van der Waals surface area (Å²) in [5.74, 6) is 0.0776. The molecule has 0 aliphatic heterocycles. The lowest BCUT2D eigenvalue weighted by Gasteiger charge is -2.12. The summed E-state index contributed by atoms with van der Waals surface area (Å²) in [6.45, 7) is 2.74. The van der Waals surface area contributed by atoms with Crippen molar-refractivity contribution in [1.29, 1.82) is 0 Å². The molecule has 3 aromatic carbocycles. The Morgan fingerprint density at radius 3 is 2.45 bits per heavy atom. The molecule has 0 spiro atoms. The number of benzene rings is 3. The number of hydrogen-bond donors (Lipinski definition) is 3. The fraction of sp³-hybridized carbons (Fsp3) is 0.208. The predicted octanol–water partition coefficient (Wildman–Crippen LogP) is 3.90. The maximum Gasteiger partial charge on any atom is 0.257 e. The summed E-state index contributed by atoms with van der Waals surface area (Å²) in [5.41, 5.74) is 6.45. The first-order valence-corrected chi connectivity index (χ1v) is 10.6. The third-order valence-electron chi connectivity index (χ3n) is 4.66. The van der Waals surface area contributed by atoms with Gasteiger partial charge in [0.25, 0.3) is 5.91 Å². The van der Waals surface area contributed by atoms with E-state index < -0.39 is 0 Å². The van der Waals surface area contributed by atoms with Gasteiger partial charge in [-0.15, -0.1) is 0 Å². The Balaban J connectivity index is 1.47. The molecular formula is C24H25N3O3S. The van der Waals surface area contributed by atoms with Gasteiger partial charge in [0, 0.05) is 5.56 Å². The SMILES string of the molecule is CCCCOc1ccc(C(=O)NC(=S)NNC(=O)Cc2cccc3ccccc23)cc1. The highest BCUT2D eigenvalue weighted by molar-refractivity contribution is 7.80. The summed E-state index contributed by atoms with van der Waals surface area (Å²) < 4.78 is 5.59. The summed E-state index contributed by atoms with van der Waals surface area (Å²) in [5, 5.41) is 4.66. The van der Waals surface area contributed by atoms with Gasteiger partial charge in [-0.05, 0) is 59.2 Å². The van der Waals surface area contributed by atoms with Gasteiger partial charge in [-0.25, -0.2) is 0 Å². The van der Waals surface area contributed by atoms with E-state index in [1.807, 2.05) is 42.5 Å². The van der Waals surface area contributed by atoms with E-state index in [1.165, 1.54) is 0 Å². The Kier molecular flexibility index (Phi) is 7.95. The first-order valence-electron chi connectivity index (χ1n) is 10.2. The van der Waals surface area contributed by atoms with Crippen molar-refractivity contribution in [2.75, 3.05) is 6.61 Å². The average Bonchev–Trinajstić information content (AvgIpc) is 2.78. The Morgan fingerprint density at radius 2 is 1.68 bits per heavy atom. The number of rotatable bonds is 7. The van der Waals surface area contributed by atoms with Crippen LogP contribution in [0.1, 0.15) is 35.7 Å². The summed E-state index contributed by atoms with van der Waals surface area (Å²) in [4.78, 5) is 24.6. The van der Waals surface area contributed by atoms with Gasteiger partial charge in [0.1, 0.15) is 5.75 Å². The molecule has 0 aliphatic rings. The Labute approximate surface area is 187 Å². The lowest BCUT2D eigenvalue weighted by atomic mass is 10.0. The van der Waals surface area contributed by atoms with Crippen LogP contribution in [0.15, 0.2) is 66.7 Å². The van der Waals surface area contributed by atoms with E-state index in [1.54, 1.807) is 24.3 Å². The average molecular weight is 436 g/mol. The number of unbranched alkanes of at least 4 members (excludes halogenated alkanes) is 1. The molecule has 0 bridgehead atoms. The third kappa shape index (κ3) is 6.52. The van der Waals surface area contributed by atoms with Gasteiger partial charge in [-0.2, -0.15) is 0 Å². The predicted molar refractivity (Wildman–Crippen MR) is 126 cm³/mol. The number of thiocarbonyl (C=S) groups is 1. The molecule has 3 aromatic rings. The number of ether oxygens (including phenoxy) is 1. The molecule has 0 radical (unpaired) electrons. The van der Waals surface area contributed by atoms with Crippen molar-refractivity contribution in [3.05, 3.63) is 77.9 Å². The van der Waals surface area contributed by atoms with Gasteiger partial charge in [-0.1, -0.05) is 55.8 Å². The number of hydrazine groups is 1. The van der Waals surface area contributed by atoms with Crippen LogP contribution in [0.4, 0.5) is 0 Å². The monoisotopic (exact) mass is 435 g/mol. The molecule has 31 heavy (non-hydrogen) atoms. The van der Waals surface area contributed by atoms with E-state index in [2.05, 4.69) is 23.1 Å². The number of carbonyl (C=O) groups excluding carboxylic acids is 2. The van der Waals surface area contributed by atoms with Gasteiger partial charge < -0.3 is 4.74 Å². The van der Waals surface area contributed by atoms with Gasteiger partial charge >= 0.3 is 0 Å². The van der Waals surface area contributed by atoms with Crippen LogP contribution in [0.3, 0.4) is 0 Å². The number of fused-ring (bicyclic) bond motifs is 1. The van der Waals surface area contributed by atoms with Gasteiger partial charge in [-0.3, -0.25) is 25.8 Å². The largest absolute Gasteiger partial charge is 0.494 e. The smallest absolute Gasteiger partial charge is 0.257 e. The van der Waals surface area contributed by atoms with Crippen molar-refractivity contribution >= 4 is 39.9 Å². The molecule has 3 rings (SSSR count). The number of nitrogens with one attached hydrogen (secondary N) is 3. The molecule has 0 fully saturated rings. The first-order chi connectivity index (χ1) is 15.1. The summed E-state index contributed by atoms with van der Waals surface area (Å²) in [6.07, 6.45) is 2.22. The Hall–Kier alpha value is -3.45. The number of amides is 2. The Morgan fingerprint density at radius 1 is 0.935 bits per heavy atom. The van der Waals surface area contributed by atoms with E-state index >= 15 is 0 Å². The van der Waals surface area contributed by atoms with E-state index in [0.29, 0.717) is 17.9 Å². The second-order valence-corrected chi connectivity index (χ2v) is 7.41. The highest BCUT2D eigenvalue weighted by atomic mass is 32.1. The van der Waals surface area contributed by atoms with Crippen molar-refractivity contribution in [3.8, 4) is 5.75 Å². The van der Waals surface area contributed by atoms with Crippen molar-refractivity contribution < 1.29 is 14.3 Å². The van der Waals surface area contributed by atoms with E-state index in [9.17, 15) is 9.59 Å². The van der Waals surface area contributed by atoms with E-state index in [4.69, 9.17) is 17.0 Å². The zero-order valence-electron chi connectivity index (χ0n) is 17.3. The van der Waals surface area contributed by atoms with Crippen LogP contribution >= 0.6 is 12.2 Å². The molecule has 3 N–H and O–H groups in total. The second kappa shape index (κ2) is 11.1. The minimum absolute atomic E-state index is 0.0135. The lowest BCUT2D eigenvalue weighted by molar-refractivity contribution is -0.121. The number of hydrogen-bond acceptors (Lipinski definition) is 4. The molecule has 0 unspecified atom stereocenters. The topological polar surface area (TPSA) is 79.5 Å². The van der Waals surface area contributed by atoms with Crippen LogP contribution < -0.4 is 20.9 Å². The van der Waals surface area contributed by atoms with E-state index in [0.717, 1.165) is 29.2 Å². The minimum Gasteiger partial charge on any atom is -0.494 e. The molecule has 7 heteroatoms. The third-order valence-corrected chi connectivity index (χ3v) is 4.86. The van der Waals surface area contributed by atoms with Gasteiger partial charge in [0.2, 0.25) is 5.91 Å². The maximum absolute atomic E-state index is 12.3. The van der Waals surface area contributed by atoms with Crippen molar-refractivity contribution in [3.63, 3.8) is 0 Å². The number of carbonyl (C=O) groups is 2. The molecule has 0 heterocycles. The summed E-state index contributed by atoms with van der Waals surface area (Å²) in [7, 11) is 0. The van der Waals surface area contributed by atoms with Crippen molar-refractivity contribution in [2.45, 2.75) is 26.2 Å². The summed E-state index contributed by atoms with van der Waals surface area (Å²) in [6, 6.07) is 20.5. The van der Waals surface area contributed by atoms with Crippen molar-refractivity contribution in [1.82, 2.24) is 16.2 Å². The fourth-order valence-corrected chi connectivity index (χ4v) is 3.18. The molecule has 0 atom stereocenters. The first kappa shape index (κ1) is 22.2. The second-order valence-electron chi connectivity index (χ2n) is 7.00. The molecular weight excluding hydrogens is 410 g/mol. The molecule has 0 aromatic heterocycles. The maximum atomic E-state index is 12.3. The van der Waals surface area contributed by atoms with Crippen LogP contribution in [0.25, 0.3) is 10.8 Å². The molecule has 0 saturated carbocycles. The minimum atomic E-state index is -0.374. The van der Waals surface area contributed by atoms with Crippen LogP contribution in [0.2, 0.25) is 0 Å². The van der Waals surface area contributed by atoms with Crippen LogP contribution in [0, 0.1) is 0 Å². The van der Waals surface area contributed by atoms with Crippen LogP contribution in [-0.4, -0.2) is 23.5 Å². The molecule has 160 valence electrons. The zero-order valence-corrected chi connectivity index (χ0v) is 18.1. The van der Waals surface area contributed by atoms with E-state index in [-0.39, 0.29) is 23.3 Å². The van der Waals surface area contributed by atoms with Gasteiger partial charge in [0.15, 0.2) is 5.11 Å². The standard InChI is InChI=1S/C24H25N3O3S/c1-2-3-15-30-20-13-11-18(12-14-20)23(29)25-24(31)27-26-22(28)16-19-9-6-8-17-7-4-5-10-21(17)19/h4-14H,2-3,15-16H2,1H3,(H,26,28)(H2,25,27,29,31). The highest BCUT2D eigenvalue weighted by Gasteiger charge is 2.10. The summed E-state index contributed by atoms with van der Waals surface area (Å²) >= 11 is 5.10. The quantitative estimate of drug-likeness (QED) is 0.298. The molecule has 2 amide bonds. The Bertz CT molecular complexity index is 1060. The molecule has 0 saturated heterocycles. The zero-order chi connectivity index (χ0) is 22.1. The molecule has 6 nitrogen and oxygen atoms in total. The van der Waals surface area contributed by atoms with Crippen molar-refractivity contribution in [2.24, 2.45) is 0 Å². The van der Waals surface area contributed by atoms with Crippen LogP contribution in [0.5, 0.6) is 5.75 Å². The highest BCUT2D eigenvalue weighted by Crippen LogP contribution is 2.18.